The number of piperidine rings is 1. The molecule has 6 rings (SSSR count). The molecule has 2 fully saturated rings. The molecule has 9 heteroatoms. The fourth-order valence-electron chi connectivity index (χ4n) is 6.53. The van der Waals surface area contributed by atoms with E-state index in [-0.39, 0.29) is 17.9 Å². The molecule has 4 amide bonds. The average Bonchev–Trinajstić information content (AvgIpc) is 2.91. The summed E-state index contributed by atoms with van der Waals surface area (Å²) in [5, 5.41) is 0. The molecular weight excluding hydrogens is 470 g/mol. The summed E-state index contributed by atoms with van der Waals surface area (Å²) < 4.78 is 1.49. The predicted octanol–water partition coefficient (Wildman–Crippen LogP) is 2.42. The fraction of sp³-hybridized carbons (Fsp3) is 0.393. The molecule has 3 aliphatic heterocycles. The van der Waals surface area contributed by atoms with E-state index < -0.39 is 29.3 Å². The topological polar surface area (TPSA) is 95.3 Å². The summed E-state index contributed by atoms with van der Waals surface area (Å²) in [4.78, 5) is 63.3. The minimum absolute atomic E-state index is 0.0795. The summed E-state index contributed by atoms with van der Waals surface area (Å²) in [5.41, 5.74) is 1.13. The van der Waals surface area contributed by atoms with Crippen LogP contribution in [0.3, 0.4) is 0 Å². The molecule has 2 atom stereocenters. The van der Waals surface area contributed by atoms with Crippen LogP contribution in [0.5, 0.6) is 0 Å². The Morgan fingerprint density at radius 1 is 0.973 bits per heavy atom. The molecule has 37 heavy (non-hydrogen) atoms. The number of barbiturate groups is 1. The summed E-state index contributed by atoms with van der Waals surface area (Å²) in [6.07, 6.45) is 3.83. The molecule has 2 aromatic heterocycles. The van der Waals surface area contributed by atoms with Gasteiger partial charge in [-0.2, -0.15) is 0 Å². The number of hydrogen-bond donors (Lipinski definition) is 0. The van der Waals surface area contributed by atoms with Crippen molar-refractivity contribution in [3.63, 3.8) is 0 Å². The number of nitrogens with zero attached hydrogens (tertiary/aromatic N) is 5. The van der Waals surface area contributed by atoms with E-state index in [0.717, 1.165) is 28.2 Å². The van der Waals surface area contributed by atoms with Crippen LogP contribution >= 0.6 is 0 Å². The highest BCUT2D eigenvalue weighted by molar-refractivity contribution is 6.20. The number of aromatic nitrogens is 2. The molecule has 190 valence electrons. The first kappa shape index (κ1) is 23.4. The molecule has 1 aromatic carbocycles. The van der Waals surface area contributed by atoms with Crippen LogP contribution in [-0.4, -0.2) is 63.7 Å². The van der Waals surface area contributed by atoms with Crippen molar-refractivity contribution in [3.05, 3.63) is 75.7 Å². The first-order valence-corrected chi connectivity index (χ1v) is 12.7. The van der Waals surface area contributed by atoms with E-state index in [0.29, 0.717) is 30.0 Å². The van der Waals surface area contributed by atoms with Gasteiger partial charge in [-0.25, -0.2) is 9.78 Å². The lowest BCUT2D eigenvalue weighted by Gasteiger charge is -2.55. The van der Waals surface area contributed by atoms with Crippen molar-refractivity contribution in [1.29, 1.82) is 0 Å². The first-order chi connectivity index (χ1) is 17.7. The molecule has 1 spiro atoms. The normalized spacial score (nSPS) is 23.0. The second-order valence-corrected chi connectivity index (χ2v) is 10.6. The Hall–Kier alpha value is -4.01. The Bertz CT molecular complexity index is 1490. The van der Waals surface area contributed by atoms with Gasteiger partial charge in [0.25, 0.3) is 5.56 Å². The third-order valence-corrected chi connectivity index (χ3v) is 8.44. The molecule has 0 aliphatic carbocycles. The summed E-state index contributed by atoms with van der Waals surface area (Å²) in [6, 6.07) is 12.7. The Morgan fingerprint density at radius 2 is 1.68 bits per heavy atom. The van der Waals surface area contributed by atoms with Crippen LogP contribution in [0.4, 0.5) is 10.6 Å². The highest BCUT2D eigenvalue weighted by Gasteiger charge is 2.64. The van der Waals surface area contributed by atoms with E-state index in [9.17, 15) is 19.2 Å². The number of carbonyl (C=O) groups excluding carboxylic acids is 3. The summed E-state index contributed by atoms with van der Waals surface area (Å²) >= 11 is 0. The van der Waals surface area contributed by atoms with Gasteiger partial charge in [-0.15, -0.1) is 0 Å². The van der Waals surface area contributed by atoms with Gasteiger partial charge in [-0.3, -0.25) is 28.6 Å². The van der Waals surface area contributed by atoms with Crippen molar-refractivity contribution in [3.8, 4) is 0 Å². The molecule has 0 bridgehead atoms. The highest BCUT2D eigenvalue weighted by atomic mass is 16.2. The van der Waals surface area contributed by atoms with Gasteiger partial charge in [0, 0.05) is 33.3 Å². The van der Waals surface area contributed by atoms with Gasteiger partial charge < -0.3 is 4.90 Å². The maximum atomic E-state index is 13.9. The lowest BCUT2D eigenvalue weighted by Crippen LogP contribution is -2.73. The number of aryl methyl sites for hydroxylation is 1. The zero-order chi connectivity index (χ0) is 26.1. The number of imide groups is 2. The third-order valence-electron chi connectivity index (χ3n) is 8.44. The van der Waals surface area contributed by atoms with Crippen LogP contribution in [-0.2, 0) is 22.4 Å². The fourth-order valence-corrected chi connectivity index (χ4v) is 6.53. The lowest BCUT2D eigenvalue weighted by atomic mass is 9.64. The van der Waals surface area contributed by atoms with Crippen molar-refractivity contribution in [2.75, 3.05) is 25.5 Å². The number of carbonyl (C=O) groups is 3. The molecular formula is C28H29N5O4. The maximum Gasteiger partial charge on any atom is 0.332 e. The molecule has 3 aromatic rings. The van der Waals surface area contributed by atoms with Crippen molar-refractivity contribution in [2.24, 2.45) is 11.3 Å². The van der Waals surface area contributed by atoms with Gasteiger partial charge >= 0.3 is 6.03 Å². The highest BCUT2D eigenvalue weighted by Crippen LogP contribution is 2.48. The third kappa shape index (κ3) is 3.26. The van der Waals surface area contributed by atoms with E-state index in [1.165, 1.54) is 24.1 Å². The number of fused-ring (bicyclic) bond motifs is 5. The van der Waals surface area contributed by atoms with Crippen LogP contribution in [0.15, 0.2) is 53.5 Å². The average molecular weight is 500 g/mol. The van der Waals surface area contributed by atoms with Gasteiger partial charge in [0.15, 0.2) is 5.41 Å². The van der Waals surface area contributed by atoms with E-state index >= 15 is 0 Å². The van der Waals surface area contributed by atoms with Gasteiger partial charge in [-0.05, 0) is 49.3 Å². The molecule has 9 nitrogen and oxygen atoms in total. The van der Waals surface area contributed by atoms with E-state index in [1.54, 1.807) is 12.3 Å². The Labute approximate surface area is 214 Å². The van der Waals surface area contributed by atoms with E-state index in [1.807, 2.05) is 36.1 Å². The maximum absolute atomic E-state index is 13.9. The summed E-state index contributed by atoms with van der Waals surface area (Å²) in [7, 11) is 2.82. The minimum atomic E-state index is -1.57. The minimum Gasteiger partial charge on any atom is -0.352 e. The quantitative estimate of drug-likeness (QED) is 0.503. The smallest absolute Gasteiger partial charge is 0.332 e. The van der Waals surface area contributed by atoms with Gasteiger partial charge in [0.1, 0.15) is 11.5 Å². The van der Waals surface area contributed by atoms with Crippen LogP contribution in [0.1, 0.15) is 29.5 Å². The Balaban J connectivity index is 1.53. The van der Waals surface area contributed by atoms with Crippen molar-refractivity contribution in [1.82, 2.24) is 19.2 Å². The number of anilines is 1. The monoisotopic (exact) mass is 499 g/mol. The van der Waals surface area contributed by atoms with E-state index in [2.05, 4.69) is 12.1 Å². The molecule has 3 aliphatic rings. The Kier molecular flexibility index (Phi) is 5.22. The number of pyridine rings is 1. The number of urea groups is 1. The van der Waals surface area contributed by atoms with E-state index in [4.69, 9.17) is 4.98 Å². The molecule has 0 unspecified atom stereocenters. The predicted molar refractivity (Wildman–Crippen MR) is 137 cm³/mol. The molecule has 2 saturated heterocycles. The molecule has 5 heterocycles. The molecule has 0 N–H and O–H groups in total. The van der Waals surface area contributed by atoms with Crippen LogP contribution in [0, 0.1) is 18.3 Å². The second kappa shape index (κ2) is 8.26. The lowest BCUT2D eigenvalue weighted by molar-refractivity contribution is -0.160. The van der Waals surface area contributed by atoms with Crippen molar-refractivity contribution < 1.29 is 14.4 Å². The summed E-state index contributed by atoms with van der Waals surface area (Å²) in [6.45, 7) is 2.47. The number of amides is 4. The zero-order valence-corrected chi connectivity index (χ0v) is 21.2. The van der Waals surface area contributed by atoms with Gasteiger partial charge in [0.05, 0.1) is 11.6 Å². The standard InChI is InChI=1S/C28H29N5O4/c1-17-8-7-12-33-22(17)29-23-20(24(33)34)16-28(25(35)30(2)27(37)31(3)26(28)36)21-15-19(11-13-32(21)23)14-18-9-5-4-6-10-18/h4-10,12,19,21H,11,13-16H2,1-3H3/t19-,21-/m1/s1. The zero-order valence-electron chi connectivity index (χ0n) is 21.2. The largest absolute Gasteiger partial charge is 0.352 e. The van der Waals surface area contributed by atoms with Crippen LogP contribution in [0.25, 0.3) is 5.65 Å². The Morgan fingerprint density at radius 3 is 2.38 bits per heavy atom. The number of rotatable bonds is 2. The molecule has 0 radical (unpaired) electrons. The van der Waals surface area contributed by atoms with Gasteiger partial charge in [0.2, 0.25) is 11.8 Å². The second-order valence-electron chi connectivity index (χ2n) is 10.6. The number of benzene rings is 1. The van der Waals surface area contributed by atoms with Crippen molar-refractivity contribution >= 4 is 29.3 Å². The molecule has 0 saturated carbocycles. The van der Waals surface area contributed by atoms with Gasteiger partial charge in [-0.1, -0.05) is 36.4 Å². The summed E-state index contributed by atoms with van der Waals surface area (Å²) in [5.74, 6) is -0.305. The van der Waals surface area contributed by atoms with Crippen LogP contribution < -0.4 is 10.5 Å². The van der Waals surface area contributed by atoms with Crippen molar-refractivity contribution in [2.45, 2.75) is 38.6 Å². The SMILES string of the molecule is Cc1cccn2c(=O)c3c(nc12)N1CC[C@H](Cc2ccccc2)C[C@@H]1C1(C3)C(=O)N(C)C(=O)N(C)C1=O. The first-order valence-electron chi connectivity index (χ1n) is 12.7. The van der Waals surface area contributed by atoms with Crippen LogP contribution in [0.2, 0.25) is 0 Å². The number of hydrogen-bond acceptors (Lipinski definition) is 6.